The third kappa shape index (κ3) is 1.97. The van der Waals surface area contributed by atoms with Crippen molar-refractivity contribution in [2.24, 2.45) is 11.8 Å². The van der Waals surface area contributed by atoms with Gasteiger partial charge in [0.05, 0.1) is 0 Å². The first-order valence-corrected chi connectivity index (χ1v) is 7.62. The first kappa shape index (κ1) is 12.2. The number of likely N-dealkylation sites (tertiary alicyclic amines) is 1. The minimum absolute atomic E-state index is 0.330. The van der Waals surface area contributed by atoms with Crippen LogP contribution in [0.15, 0.2) is 30.5 Å². The summed E-state index contributed by atoms with van der Waals surface area (Å²) in [6.07, 6.45) is 5.44. The Hall–Kier alpha value is -1.61. The predicted molar refractivity (Wildman–Crippen MR) is 79.7 cm³/mol. The molecule has 1 saturated heterocycles. The molecular formula is C17H20N2O. The number of H-pyrrole nitrogens is 1. The Morgan fingerprint density at radius 3 is 2.70 bits per heavy atom. The summed E-state index contributed by atoms with van der Waals surface area (Å²) in [5, 5.41) is 1.34. The van der Waals surface area contributed by atoms with Gasteiger partial charge in [-0.2, -0.15) is 0 Å². The molecule has 0 radical (unpaired) electrons. The van der Waals surface area contributed by atoms with Crippen molar-refractivity contribution in [1.82, 2.24) is 9.88 Å². The fourth-order valence-corrected chi connectivity index (χ4v) is 3.88. The van der Waals surface area contributed by atoms with Crippen LogP contribution in [0.25, 0.3) is 10.9 Å². The van der Waals surface area contributed by atoms with Crippen molar-refractivity contribution in [3.8, 4) is 0 Å². The molecule has 3 nitrogen and oxygen atoms in total. The van der Waals surface area contributed by atoms with Crippen LogP contribution in [0.1, 0.15) is 18.4 Å². The normalized spacial score (nSPS) is 26.5. The molecule has 1 aliphatic heterocycles. The zero-order chi connectivity index (χ0) is 13.5. The number of hydrogen-bond acceptors (Lipinski definition) is 2. The van der Waals surface area contributed by atoms with E-state index in [2.05, 4.69) is 40.3 Å². The van der Waals surface area contributed by atoms with Crippen LogP contribution < -0.4 is 0 Å². The number of nitrogens with one attached hydrogen (secondary N) is 1. The fourth-order valence-electron chi connectivity index (χ4n) is 3.88. The van der Waals surface area contributed by atoms with Crippen LogP contribution in [0.2, 0.25) is 0 Å². The van der Waals surface area contributed by atoms with Gasteiger partial charge in [0.25, 0.3) is 0 Å². The average Bonchev–Trinajstić information content (AvgIpc) is 2.95. The maximum atomic E-state index is 11.9. The third-order valence-electron chi connectivity index (χ3n) is 5.00. The highest BCUT2D eigenvalue weighted by Crippen LogP contribution is 2.33. The lowest BCUT2D eigenvalue weighted by molar-refractivity contribution is -0.127. The van der Waals surface area contributed by atoms with Crippen LogP contribution in [0, 0.1) is 11.8 Å². The van der Waals surface area contributed by atoms with Crippen LogP contribution in [0.4, 0.5) is 0 Å². The molecule has 20 heavy (non-hydrogen) atoms. The second-order valence-electron chi connectivity index (χ2n) is 6.24. The smallest absolute Gasteiger partial charge is 0.141 e. The number of Topliss-reactive ketones (excluding diaryl/α,β-unsaturated/α-hetero) is 1. The van der Waals surface area contributed by atoms with Crippen LogP contribution in [-0.4, -0.2) is 35.3 Å². The monoisotopic (exact) mass is 268 g/mol. The van der Waals surface area contributed by atoms with Crippen molar-refractivity contribution in [1.29, 1.82) is 0 Å². The summed E-state index contributed by atoms with van der Waals surface area (Å²) < 4.78 is 0. The lowest BCUT2D eigenvalue weighted by atomic mass is 9.96. The lowest BCUT2D eigenvalue weighted by Crippen LogP contribution is -2.42. The van der Waals surface area contributed by atoms with Crippen molar-refractivity contribution in [2.75, 3.05) is 19.6 Å². The molecule has 1 N–H and O–H groups in total. The second-order valence-corrected chi connectivity index (χ2v) is 6.24. The van der Waals surface area contributed by atoms with E-state index >= 15 is 0 Å². The minimum Gasteiger partial charge on any atom is -0.361 e. The highest BCUT2D eigenvalue weighted by molar-refractivity contribution is 5.86. The van der Waals surface area contributed by atoms with Crippen molar-refractivity contribution in [2.45, 2.75) is 19.3 Å². The van der Waals surface area contributed by atoms with Crippen molar-refractivity contribution < 1.29 is 4.79 Å². The van der Waals surface area contributed by atoms with Crippen LogP contribution in [0.3, 0.4) is 0 Å². The van der Waals surface area contributed by atoms with Gasteiger partial charge in [0, 0.05) is 48.6 Å². The first-order chi connectivity index (χ1) is 9.81. The summed E-state index contributed by atoms with van der Waals surface area (Å²) in [4.78, 5) is 17.7. The molecule has 0 spiro atoms. The standard InChI is InChI=1S/C17H20N2O/c20-17-13-5-6-14(17)11-19(10-13)8-7-12-9-18-16-4-2-1-3-15(12)16/h1-4,9,13-14,18H,5-8,10-11H2. The highest BCUT2D eigenvalue weighted by atomic mass is 16.1. The molecule has 4 rings (SSSR count). The lowest BCUT2D eigenvalue weighted by Gasteiger charge is -2.30. The Bertz CT molecular complexity index is 629. The summed E-state index contributed by atoms with van der Waals surface area (Å²) in [6, 6.07) is 8.47. The number of ketones is 1. The van der Waals surface area contributed by atoms with E-state index in [1.807, 2.05) is 0 Å². The average molecular weight is 268 g/mol. The first-order valence-electron chi connectivity index (χ1n) is 7.62. The quantitative estimate of drug-likeness (QED) is 0.929. The Morgan fingerprint density at radius 1 is 1.15 bits per heavy atom. The van der Waals surface area contributed by atoms with Gasteiger partial charge in [-0.25, -0.2) is 0 Å². The van der Waals surface area contributed by atoms with E-state index in [0.29, 0.717) is 17.6 Å². The van der Waals surface area contributed by atoms with Crippen molar-refractivity contribution in [3.63, 3.8) is 0 Å². The van der Waals surface area contributed by atoms with E-state index in [0.717, 1.165) is 38.9 Å². The molecule has 2 aliphatic rings. The van der Waals surface area contributed by atoms with Gasteiger partial charge < -0.3 is 9.88 Å². The predicted octanol–water partition coefficient (Wildman–Crippen LogP) is 2.62. The molecule has 2 atom stereocenters. The van der Waals surface area contributed by atoms with E-state index < -0.39 is 0 Å². The van der Waals surface area contributed by atoms with Gasteiger partial charge in [0.1, 0.15) is 5.78 Å². The number of carbonyl (C=O) groups excluding carboxylic acids is 1. The minimum atomic E-state index is 0.330. The third-order valence-corrected chi connectivity index (χ3v) is 5.00. The van der Waals surface area contributed by atoms with Crippen molar-refractivity contribution >= 4 is 16.7 Å². The molecular weight excluding hydrogens is 248 g/mol. The number of aromatic amines is 1. The summed E-state index contributed by atoms with van der Waals surface area (Å²) in [6.45, 7) is 3.04. The SMILES string of the molecule is O=C1C2CCC1CN(CCc1c[nH]c3ccccc13)C2. The molecule has 3 heteroatoms. The van der Waals surface area contributed by atoms with Gasteiger partial charge in [0.15, 0.2) is 0 Å². The maximum Gasteiger partial charge on any atom is 0.141 e. The fraction of sp³-hybridized carbons (Fsp3) is 0.471. The number of piperidine rings is 1. The number of fused-ring (bicyclic) bond motifs is 3. The largest absolute Gasteiger partial charge is 0.361 e. The number of rotatable bonds is 3. The Kier molecular flexibility index (Phi) is 2.88. The zero-order valence-electron chi connectivity index (χ0n) is 11.6. The van der Waals surface area contributed by atoms with E-state index in [4.69, 9.17) is 0 Å². The van der Waals surface area contributed by atoms with Gasteiger partial charge >= 0.3 is 0 Å². The molecule has 2 unspecified atom stereocenters. The molecule has 2 heterocycles. The maximum absolute atomic E-state index is 11.9. The highest BCUT2D eigenvalue weighted by Gasteiger charge is 2.40. The summed E-state index contributed by atoms with van der Waals surface area (Å²) in [7, 11) is 0. The number of para-hydroxylation sites is 1. The Labute approximate surface area is 119 Å². The molecule has 2 aromatic rings. The second kappa shape index (κ2) is 4.74. The van der Waals surface area contributed by atoms with Crippen molar-refractivity contribution in [3.05, 3.63) is 36.0 Å². The van der Waals surface area contributed by atoms with E-state index in [9.17, 15) is 4.79 Å². The number of carbonyl (C=O) groups is 1. The van der Waals surface area contributed by atoms with Gasteiger partial charge in [-0.05, 0) is 30.9 Å². The topological polar surface area (TPSA) is 36.1 Å². The summed E-state index contributed by atoms with van der Waals surface area (Å²) in [5.74, 6) is 1.20. The van der Waals surface area contributed by atoms with E-state index in [1.165, 1.54) is 16.5 Å². The molecule has 2 bridgehead atoms. The van der Waals surface area contributed by atoms with Crippen LogP contribution >= 0.6 is 0 Å². The zero-order valence-corrected chi connectivity index (χ0v) is 11.6. The molecule has 1 saturated carbocycles. The van der Waals surface area contributed by atoms with Crippen LogP contribution in [0.5, 0.6) is 0 Å². The molecule has 0 amide bonds. The van der Waals surface area contributed by atoms with Gasteiger partial charge in [0.2, 0.25) is 0 Å². The molecule has 104 valence electrons. The van der Waals surface area contributed by atoms with Gasteiger partial charge in [-0.1, -0.05) is 18.2 Å². The molecule has 1 aromatic heterocycles. The Morgan fingerprint density at radius 2 is 1.90 bits per heavy atom. The molecule has 2 fully saturated rings. The number of aromatic nitrogens is 1. The Balaban J connectivity index is 1.45. The van der Waals surface area contributed by atoms with E-state index in [1.54, 1.807) is 0 Å². The molecule has 1 aliphatic carbocycles. The number of nitrogens with zero attached hydrogens (tertiary/aromatic N) is 1. The summed E-state index contributed by atoms with van der Waals surface area (Å²) >= 11 is 0. The van der Waals surface area contributed by atoms with Gasteiger partial charge in [-0.3, -0.25) is 4.79 Å². The number of hydrogen-bond donors (Lipinski definition) is 1. The number of benzene rings is 1. The van der Waals surface area contributed by atoms with Gasteiger partial charge in [-0.15, -0.1) is 0 Å². The van der Waals surface area contributed by atoms with Crippen LogP contribution in [-0.2, 0) is 11.2 Å². The molecule has 1 aromatic carbocycles. The summed E-state index contributed by atoms with van der Waals surface area (Å²) in [5.41, 5.74) is 2.61. The van der Waals surface area contributed by atoms with E-state index in [-0.39, 0.29) is 0 Å².